The summed E-state index contributed by atoms with van der Waals surface area (Å²) >= 11 is 0. The number of aromatic hydroxyl groups is 1. The molecule has 0 bridgehead atoms. The number of fused-ring (bicyclic) bond motifs is 1. The number of nitrogens with one attached hydrogen (secondary N) is 1. The second kappa shape index (κ2) is 9.06. The van der Waals surface area contributed by atoms with Crippen molar-refractivity contribution in [1.29, 1.82) is 0 Å². The fourth-order valence-corrected chi connectivity index (χ4v) is 3.60. The van der Waals surface area contributed by atoms with Gasteiger partial charge in [-0.3, -0.25) is 0 Å². The van der Waals surface area contributed by atoms with Crippen molar-refractivity contribution in [3.05, 3.63) is 101 Å². The summed E-state index contributed by atoms with van der Waals surface area (Å²) in [5.74, 6) is -0.662. The summed E-state index contributed by atoms with van der Waals surface area (Å²) < 4.78 is 18.6. The molecule has 4 rings (SSSR count). The predicted octanol–water partition coefficient (Wildman–Crippen LogP) is 5.77. The molecule has 3 aromatic carbocycles. The lowest BCUT2D eigenvalue weighted by Crippen LogP contribution is -2.13. The van der Waals surface area contributed by atoms with E-state index < -0.39 is 6.04 Å². The Hall–Kier alpha value is -3.93. The number of pyridine rings is 1. The topological polar surface area (TPSA) is 71.5 Å². The highest BCUT2D eigenvalue weighted by atomic mass is 19.1. The van der Waals surface area contributed by atoms with E-state index in [2.05, 4.69) is 10.3 Å². The van der Waals surface area contributed by atoms with Gasteiger partial charge in [-0.25, -0.2) is 14.2 Å². The number of hydrogen-bond donors (Lipinski definition) is 2. The number of esters is 1. The van der Waals surface area contributed by atoms with Crippen LogP contribution < -0.4 is 5.32 Å². The molecule has 2 N–H and O–H groups in total. The molecule has 0 fully saturated rings. The molecule has 0 amide bonds. The Morgan fingerprint density at radius 3 is 2.41 bits per heavy atom. The Labute approximate surface area is 185 Å². The van der Waals surface area contributed by atoms with Gasteiger partial charge in [0.05, 0.1) is 18.2 Å². The van der Waals surface area contributed by atoms with Gasteiger partial charge in [-0.2, -0.15) is 0 Å². The van der Waals surface area contributed by atoms with Crippen LogP contribution in [0.15, 0.2) is 72.8 Å². The van der Waals surface area contributed by atoms with Crippen LogP contribution in [0.3, 0.4) is 0 Å². The van der Waals surface area contributed by atoms with Gasteiger partial charge in [-0.15, -0.1) is 0 Å². The van der Waals surface area contributed by atoms with Crippen LogP contribution in [-0.4, -0.2) is 22.7 Å². The Balaban J connectivity index is 1.75. The number of benzene rings is 3. The summed E-state index contributed by atoms with van der Waals surface area (Å²) in [5, 5.41) is 15.3. The lowest BCUT2D eigenvalue weighted by Gasteiger charge is -2.23. The molecule has 162 valence electrons. The van der Waals surface area contributed by atoms with Crippen LogP contribution in [0.5, 0.6) is 5.75 Å². The van der Waals surface area contributed by atoms with Crippen LogP contribution in [0.25, 0.3) is 10.9 Å². The van der Waals surface area contributed by atoms with Gasteiger partial charge in [-0.1, -0.05) is 30.3 Å². The number of anilines is 1. The summed E-state index contributed by atoms with van der Waals surface area (Å²) in [6.07, 6.45) is 0. The zero-order chi connectivity index (χ0) is 22.7. The van der Waals surface area contributed by atoms with Gasteiger partial charge in [0.25, 0.3) is 0 Å². The minimum atomic E-state index is -0.476. The van der Waals surface area contributed by atoms with Crippen molar-refractivity contribution in [1.82, 2.24) is 4.98 Å². The quantitative estimate of drug-likeness (QED) is 0.380. The summed E-state index contributed by atoms with van der Waals surface area (Å²) in [6, 6.07) is 20.1. The molecular weight excluding hydrogens is 407 g/mol. The zero-order valence-electron chi connectivity index (χ0n) is 17.8. The number of aryl methyl sites for hydroxylation is 1. The van der Waals surface area contributed by atoms with Crippen molar-refractivity contribution in [2.24, 2.45) is 0 Å². The van der Waals surface area contributed by atoms with Crippen molar-refractivity contribution >= 4 is 22.6 Å². The molecule has 0 spiro atoms. The molecule has 1 atom stereocenters. The largest absolute Gasteiger partial charge is 0.505 e. The Bertz CT molecular complexity index is 1250. The number of phenols is 1. The van der Waals surface area contributed by atoms with E-state index in [0.717, 1.165) is 22.3 Å². The average molecular weight is 430 g/mol. The van der Waals surface area contributed by atoms with Gasteiger partial charge in [-0.05, 0) is 61.9 Å². The van der Waals surface area contributed by atoms with Crippen LogP contribution in [0.1, 0.15) is 40.1 Å². The van der Waals surface area contributed by atoms with Gasteiger partial charge in [0.2, 0.25) is 0 Å². The van der Waals surface area contributed by atoms with E-state index in [1.165, 1.54) is 12.1 Å². The summed E-state index contributed by atoms with van der Waals surface area (Å²) in [5.41, 5.74) is 3.85. The fraction of sp³-hybridized carbons (Fsp3) is 0.154. The van der Waals surface area contributed by atoms with Crippen molar-refractivity contribution in [3.63, 3.8) is 0 Å². The van der Waals surface area contributed by atoms with E-state index in [-0.39, 0.29) is 17.5 Å². The van der Waals surface area contributed by atoms with E-state index in [9.17, 15) is 14.3 Å². The number of carbonyl (C=O) groups is 1. The van der Waals surface area contributed by atoms with Crippen molar-refractivity contribution in [2.45, 2.75) is 19.9 Å². The third kappa shape index (κ3) is 4.39. The van der Waals surface area contributed by atoms with Gasteiger partial charge in [0.1, 0.15) is 17.1 Å². The van der Waals surface area contributed by atoms with Crippen molar-refractivity contribution < 1.29 is 19.0 Å². The number of hydrogen-bond acceptors (Lipinski definition) is 5. The predicted molar refractivity (Wildman–Crippen MR) is 122 cm³/mol. The first-order valence-electron chi connectivity index (χ1n) is 10.3. The minimum absolute atomic E-state index is 0.0659. The number of nitrogens with zero attached hydrogens (tertiary/aromatic N) is 1. The van der Waals surface area contributed by atoms with E-state index in [0.29, 0.717) is 23.3 Å². The average Bonchev–Trinajstić information content (AvgIpc) is 2.80. The number of halogens is 1. The first-order chi connectivity index (χ1) is 15.5. The normalized spacial score (nSPS) is 11.8. The molecule has 1 aromatic heterocycles. The number of carbonyl (C=O) groups excluding carboxylic acids is 1. The van der Waals surface area contributed by atoms with Gasteiger partial charge < -0.3 is 15.2 Å². The molecule has 4 aromatic rings. The Morgan fingerprint density at radius 1 is 1.03 bits per heavy atom. The second-order valence-corrected chi connectivity index (χ2v) is 7.45. The first-order valence-corrected chi connectivity index (χ1v) is 10.3. The highest BCUT2D eigenvalue weighted by molar-refractivity contribution is 5.90. The van der Waals surface area contributed by atoms with E-state index in [4.69, 9.17) is 4.74 Å². The maximum atomic E-state index is 13.6. The van der Waals surface area contributed by atoms with Gasteiger partial charge in [0, 0.05) is 22.3 Å². The van der Waals surface area contributed by atoms with Crippen LogP contribution >= 0.6 is 0 Å². The first kappa shape index (κ1) is 21.3. The van der Waals surface area contributed by atoms with Crippen LogP contribution in [0.4, 0.5) is 10.1 Å². The standard InChI is InChI=1S/C26H23FN2O3/c1-3-32-26(31)19-8-13-21(14-9-19)29-23(17-6-11-20(27)12-7-17)22-15-10-18-5-4-16(2)28-24(18)25(22)30/h4-15,23,29-30H,3H2,1-2H3. The van der Waals surface area contributed by atoms with E-state index in [1.807, 2.05) is 31.2 Å². The molecule has 1 heterocycles. The molecule has 32 heavy (non-hydrogen) atoms. The minimum Gasteiger partial charge on any atom is -0.505 e. The third-order valence-corrected chi connectivity index (χ3v) is 5.23. The molecular formula is C26H23FN2O3. The zero-order valence-corrected chi connectivity index (χ0v) is 17.8. The SMILES string of the molecule is CCOC(=O)c1ccc(NC(c2ccc(F)cc2)c2ccc3ccc(C)nc3c2O)cc1. The summed E-state index contributed by atoms with van der Waals surface area (Å²) in [7, 11) is 0. The van der Waals surface area contributed by atoms with Crippen LogP contribution in [0.2, 0.25) is 0 Å². The van der Waals surface area contributed by atoms with Crippen LogP contribution in [-0.2, 0) is 4.74 Å². The lowest BCUT2D eigenvalue weighted by molar-refractivity contribution is 0.0526. The lowest BCUT2D eigenvalue weighted by atomic mass is 9.95. The van der Waals surface area contributed by atoms with E-state index in [1.54, 1.807) is 43.3 Å². The summed E-state index contributed by atoms with van der Waals surface area (Å²) in [6.45, 7) is 3.93. The third-order valence-electron chi connectivity index (χ3n) is 5.23. The Kier molecular flexibility index (Phi) is 6.03. The number of ether oxygens (including phenoxy) is 1. The monoisotopic (exact) mass is 430 g/mol. The molecule has 5 nitrogen and oxygen atoms in total. The molecule has 0 radical (unpaired) electrons. The molecule has 0 aliphatic rings. The van der Waals surface area contributed by atoms with Gasteiger partial charge in [0.15, 0.2) is 0 Å². The van der Waals surface area contributed by atoms with Crippen molar-refractivity contribution in [3.8, 4) is 5.75 Å². The maximum Gasteiger partial charge on any atom is 0.338 e. The highest BCUT2D eigenvalue weighted by Gasteiger charge is 2.20. The van der Waals surface area contributed by atoms with E-state index >= 15 is 0 Å². The number of phenolic OH excluding ortho intramolecular Hbond substituents is 1. The number of aromatic nitrogens is 1. The smallest absolute Gasteiger partial charge is 0.338 e. The summed E-state index contributed by atoms with van der Waals surface area (Å²) in [4.78, 5) is 16.4. The second-order valence-electron chi connectivity index (χ2n) is 7.45. The maximum absolute atomic E-state index is 13.6. The fourth-order valence-electron chi connectivity index (χ4n) is 3.60. The van der Waals surface area contributed by atoms with Crippen molar-refractivity contribution in [2.75, 3.05) is 11.9 Å². The van der Waals surface area contributed by atoms with Crippen LogP contribution in [0, 0.1) is 12.7 Å². The molecule has 0 saturated heterocycles. The molecule has 0 aliphatic heterocycles. The molecule has 1 unspecified atom stereocenters. The highest BCUT2D eigenvalue weighted by Crippen LogP contribution is 2.36. The molecule has 0 aliphatic carbocycles. The molecule has 0 saturated carbocycles. The Morgan fingerprint density at radius 2 is 1.72 bits per heavy atom. The molecule has 6 heteroatoms. The van der Waals surface area contributed by atoms with Gasteiger partial charge >= 0.3 is 5.97 Å². The number of rotatable bonds is 6.